The molecule has 0 bridgehead atoms. The number of hydrogen-bond acceptors (Lipinski definition) is 9. The quantitative estimate of drug-likeness (QED) is 0.277. The zero-order chi connectivity index (χ0) is 22.4. The molecule has 1 heterocycles. The third kappa shape index (κ3) is 6.04. The number of nitro groups is 1. The Bertz CT molecular complexity index is 1180. The monoisotopic (exact) mass is 460 g/mol. The summed E-state index contributed by atoms with van der Waals surface area (Å²) in [5, 5.41) is 34.4. The van der Waals surface area contributed by atoms with Crippen molar-refractivity contribution in [2.75, 3.05) is 5.32 Å². The summed E-state index contributed by atoms with van der Waals surface area (Å²) in [6, 6.07) is 9.90. The van der Waals surface area contributed by atoms with Crippen LogP contribution in [0.1, 0.15) is 20.9 Å². The molecule has 0 aliphatic heterocycles. The molecule has 158 valence electrons. The third-order valence-corrected chi connectivity index (χ3v) is 4.82. The number of halogens is 1. The average molecular weight is 461 g/mol. The van der Waals surface area contributed by atoms with Gasteiger partial charge in [-0.05, 0) is 29.8 Å². The summed E-state index contributed by atoms with van der Waals surface area (Å²) in [4.78, 5) is 34.4. The fraction of sp³-hybridized carbons (Fsp3) is 0.0556. The van der Waals surface area contributed by atoms with E-state index in [0.717, 1.165) is 17.4 Å². The summed E-state index contributed by atoms with van der Waals surface area (Å²) in [5.41, 5.74) is 2.72. The lowest BCUT2D eigenvalue weighted by Crippen LogP contribution is -2.19. The van der Waals surface area contributed by atoms with Crippen LogP contribution in [-0.4, -0.2) is 38.3 Å². The zero-order valence-corrected chi connectivity index (χ0v) is 17.1. The van der Waals surface area contributed by atoms with E-state index in [1.165, 1.54) is 30.5 Å². The van der Waals surface area contributed by atoms with Crippen LogP contribution in [0.3, 0.4) is 0 Å². The van der Waals surface area contributed by atoms with Crippen molar-refractivity contribution in [1.29, 1.82) is 0 Å². The molecule has 3 rings (SSSR count). The molecule has 13 heteroatoms. The van der Waals surface area contributed by atoms with E-state index in [1.54, 1.807) is 12.1 Å². The summed E-state index contributed by atoms with van der Waals surface area (Å²) >= 11 is 6.79. The Morgan fingerprint density at radius 3 is 2.77 bits per heavy atom. The van der Waals surface area contributed by atoms with E-state index in [0.29, 0.717) is 10.6 Å². The summed E-state index contributed by atoms with van der Waals surface area (Å²) in [6.07, 6.45) is 1.26. The Balaban J connectivity index is 1.55. The number of aromatic hydroxyl groups is 1. The number of aromatic nitrogens is 2. The molecule has 0 aliphatic carbocycles. The number of hydrogen-bond donors (Lipinski definition) is 3. The fourth-order valence-electron chi connectivity index (χ4n) is 2.30. The van der Waals surface area contributed by atoms with Crippen molar-refractivity contribution in [3.05, 3.63) is 73.7 Å². The van der Waals surface area contributed by atoms with E-state index in [-0.39, 0.29) is 33.6 Å². The van der Waals surface area contributed by atoms with Gasteiger partial charge < -0.3 is 5.11 Å². The molecule has 0 aliphatic rings. The highest BCUT2D eigenvalue weighted by atomic mass is 35.5. The van der Waals surface area contributed by atoms with Crippen molar-refractivity contribution in [3.63, 3.8) is 0 Å². The highest BCUT2D eigenvalue weighted by Gasteiger charge is 2.17. The molecule has 11 nitrogen and oxygen atoms in total. The van der Waals surface area contributed by atoms with Crippen LogP contribution in [0.5, 0.6) is 5.75 Å². The maximum Gasteiger partial charge on any atom is 0.287 e. The molecular formula is C18H13ClN6O5S. The van der Waals surface area contributed by atoms with Gasteiger partial charge in [-0.2, -0.15) is 5.10 Å². The Kier molecular flexibility index (Phi) is 6.85. The lowest BCUT2D eigenvalue weighted by molar-refractivity contribution is -0.384. The standard InChI is InChI=1S/C18H13ClN6O5S/c19-13-7-11(4-5-14(13)25(29)30)17(28)21-18-24-23-16(31-18)8-15(27)22-20-9-10-2-1-3-12(26)6-10/h1-7,9,26H,8H2,(H,22,27)(H,21,24,28)/b20-9-. The molecule has 0 spiro atoms. The predicted molar refractivity (Wildman–Crippen MR) is 114 cm³/mol. The Morgan fingerprint density at radius 1 is 1.26 bits per heavy atom. The smallest absolute Gasteiger partial charge is 0.287 e. The van der Waals surface area contributed by atoms with Gasteiger partial charge in [-0.3, -0.25) is 25.0 Å². The van der Waals surface area contributed by atoms with Crippen molar-refractivity contribution in [2.45, 2.75) is 6.42 Å². The van der Waals surface area contributed by atoms with Crippen molar-refractivity contribution >= 4 is 51.8 Å². The maximum absolute atomic E-state index is 12.3. The largest absolute Gasteiger partial charge is 0.508 e. The first-order valence-electron chi connectivity index (χ1n) is 8.50. The normalized spacial score (nSPS) is 10.7. The number of anilines is 1. The molecule has 3 N–H and O–H groups in total. The number of benzene rings is 2. The predicted octanol–water partition coefficient (Wildman–Crippen LogP) is 2.75. The van der Waals surface area contributed by atoms with Crippen LogP contribution in [-0.2, 0) is 11.2 Å². The van der Waals surface area contributed by atoms with E-state index in [1.807, 2.05) is 0 Å². The van der Waals surface area contributed by atoms with Gasteiger partial charge >= 0.3 is 0 Å². The molecule has 2 amide bonds. The van der Waals surface area contributed by atoms with Gasteiger partial charge in [0.15, 0.2) is 0 Å². The molecule has 3 aromatic rings. The minimum atomic E-state index is -0.653. The molecule has 31 heavy (non-hydrogen) atoms. The summed E-state index contributed by atoms with van der Waals surface area (Å²) < 4.78 is 0. The van der Waals surface area contributed by atoms with Gasteiger partial charge in [0.25, 0.3) is 11.6 Å². The number of phenols is 1. The van der Waals surface area contributed by atoms with Gasteiger partial charge in [0.05, 0.1) is 17.6 Å². The third-order valence-electron chi connectivity index (χ3n) is 3.68. The van der Waals surface area contributed by atoms with Gasteiger partial charge in [0, 0.05) is 11.6 Å². The summed E-state index contributed by atoms with van der Waals surface area (Å²) in [6.45, 7) is 0. The van der Waals surface area contributed by atoms with Gasteiger partial charge in [0.1, 0.15) is 15.8 Å². The Labute approximate surface area is 183 Å². The van der Waals surface area contributed by atoms with Crippen LogP contribution >= 0.6 is 22.9 Å². The highest BCUT2D eigenvalue weighted by Crippen LogP contribution is 2.25. The highest BCUT2D eigenvalue weighted by molar-refractivity contribution is 7.15. The first-order valence-corrected chi connectivity index (χ1v) is 9.70. The Morgan fingerprint density at radius 2 is 2.06 bits per heavy atom. The lowest BCUT2D eigenvalue weighted by atomic mass is 10.2. The van der Waals surface area contributed by atoms with Crippen molar-refractivity contribution in [1.82, 2.24) is 15.6 Å². The van der Waals surface area contributed by atoms with E-state index in [2.05, 4.69) is 26.0 Å². The molecule has 1 aromatic heterocycles. The second kappa shape index (κ2) is 9.73. The number of nitrogens with zero attached hydrogens (tertiary/aromatic N) is 4. The van der Waals surface area contributed by atoms with Crippen molar-refractivity contribution < 1.29 is 19.6 Å². The van der Waals surface area contributed by atoms with E-state index in [4.69, 9.17) is 11.6 Å². The first kappa shape index (κ1) is 21.8. The number of rotatable bonds is 7. The molecular weight excluding hydrogens is 448 g/mol. The molecule has 0 radical (unpaired) electrons. The van der Waals surface area contributed by atoms with Gasteiger partial charge in [-0.15, -0.1) is 10.2 Å². The van der Waals surface area contributed by atoms with Crippen molar-refractivity contribution in [3.8, 4) is 5.75 Å². The SMILES string of the molecule is O=C(Cc1nnc(NC(=O)c2ccc([N+](=O)[O-])c(Cl)c2)s1)N/N=C\c1cccc(O)c1. The fourth-order valence-corrected chi connectivity index (χ4v) is 3.28. The van der Waals surface area contributed by atoms with Gasteiger partial charge in [0.2, 0.25) is 11.0 Å². The number of phenolic OH excluding ortho intramolecular Hbond substituents is 1. The number of carbonyl (C=O) groups is 2. The molecule has 0 unspecified atom stereocenters. The lowest BCUT2D eigenvalue weighted by Gasteiger charge is -2.02. The first-order chi connectivity index (χ1) is 14.8. The minimum absolute atomic E-state index is 0.0784. The maximum atomic E-state index is 12.3. The van der Waals surface area contributed by atoms with Crippen LogP contribution in [0.4, 0.5) is 10.8 Å². The number of nitrogens with one attached hydrogen (secondary N) is 2. The number of amides is 2. The molecule has 0 saturated heterocycles. The van der Waals surface area contributed by atoms with Gasteiger partial charge in [-0.25, -0.2) is 5.43 Å². The van der Waals surface area contributed by atoms with E-state index >= 15 is 0 Å². The summed E-state index contributed by atoms with van der Waals surface area (Å²) in [5.74, 6) is -0.957. The minimum Gasteiger partial charge on any atom is -0.508 e. The molecule has 0 saturated carbocycles. The topological polar surface area (TPSA) is 160 Å². The molecule has 0 atom stereocenters. The molecule has 2 aromatic carbocycles. The van der Waals surface area contributed by atoms with Crippen LogP contribution < -0.4 is 10.7 Å². The van der Waals surface area contributed by atoms with Gasteiger partial charge in [-0.1, -0.05) is 35.1 Å². The summed E-state index contributed by atoms with van der Waals surface area (Å²) in [7, 11) is 0. The van der Waals surface area contributed by atoms with E-state index < -0.39 is 16.7 Å². The molecule has 0 fully saturated rings. The van der Waals surface area contributed by atoms with Crippen LogP contribution in [0.15, 0.2) is 47.6 Å². The average Bonchev–Trinajstić information content (AvgIpc) is 3.14. The second-order valence-electron chi connectivity index (χ2n) is 5.94. The van der Waals surface area contributed by atoms with Crippen molar-refractivity contribution in [2.24, 2.45) is 5.10 Å². The van der Waals surface area contributed by atoms with Crippen LogP contribution in [0, 0.1) is 10.1 Å². The number of carbonyl (C=O) groups excluding carboxylic acids is 2. The number of nitro benzene ring substituents is 1. The van der Waals surface area contributed by atoms with Crippen LogP contribution in [0.25, 0.3) is 0 Å². The van der Waals surface area contributed by atoms with Crippen LogP contribution in [0.2, 0.25) is 5.02 Å². The van der Waals surface area contributed by atoms with E-state index in [9.17, 15) is 24.8 Å². The Hall–Kier alpha value is -3.90. The second-order valence-corrected chi connectivity index (χ2v) is 7.41. The number of hydrazone groups is 1. The zero-order valence-electron chi connectivity index (χ0n) is 15.5.